The molecule has 6 heteroatoms. The third kappa shape index (κ3) is 5.92. The molecule has 1 atom stereocenters. The van der Waals surface area contributed by atoms with E-state index in [2.05, 4.69) is 5.32 Å². The number of halogens is 1. The minimum atomic E-state index is -1.04. The first-order valence-electron chi connectivity index (χ1n) is 9.63. The first-order chi connectivity index (χ1) is 14.4. The lowest BCUT2D eigenvalue weighted by Gasteiger charge is -2.09. The molecule has 154 valence electrons. The first-order valence-corrected chi connectivity index (χ1v) is 10.0. The molecule has 0 aromatic heterocycles. The minimum absolute atomic E-state index is 0.167. The second-order valence-electron chi connectivity index (χ2n) is 7.06. The maximum atomic E-state index is 12.3. The molecular weight excluding hydrogens is 400 g/mol. The van der Waals surface area contributed by atoms with Crippen LogP contribution in [-0.2, 0) is 17.6 Å². The average molecular weight is 423 g/mol. The summed E-state index contributed by atoms with van der Waals surface area (Å²) in [5.74, 6) is -1.21. The van der Waals surface area contributed by atoms with Crippen molar-refractivity contribution in [1.29, 1.82) is 0 Å². The summed E-state index contributed by atoms with van der Waals surface area (Å²) < 4.78 is 0. The first kappa shape index (κ1) is 21.6. The van der Waals surface area contributed by atoms with Gasteiger partial charge in [0.05, 0.1) is 0 Å². The van der Waals surface area contributed by atoms with E-state index in [1.54, 1.807) is 24.3 Å². The molecule has 30 heavy (non-hydrogen) atoms. The smallest absolute Gasteiger partial charge is 0.320 e. The monoisotopic (exact) mass is 422 g/mol. The molecule has 0 unspecified atom stereocenters. The normalized spacial score (nSPS) is 11.7. The summed E-state index contributed by atoms with van der Waals surface area (Å²) in [5.41, 5.74) is 10.1. The Morgan fingerprint density at radius 1 is 0.933 bits per heavy atom. The third-order valence-corrected chi connectivity index (χ3v) is 5.04. The summed E-state index contributed by atoms with van der Waals surface area (Å²) in [7, 11) is 0. The molecule has 0 saturated heterocycles. The molecule has 0 radical (unpaired) electrons. The number of nitrogens with one attached hydrogen (secondary N) is 1. The van der Waals surface area contributed by atoms with E-state index in [0.29, 0.717) is 23.6 Å². The SMILES string of the molecule is N[C@@H](Cc1ccc(C(=O)NCCc2ccc(-c3cccc(Cl)c3)cc2)cc1)C(=O)O. The topological polar surface area (TPSA) is 92.4 Å². The molecular formula is C24H23ClN2O3. The van der Waals surface area contributed by atoms with Crippen LogP contribution in [0, 0.1) is 0 Å². The highest BCUT2D eigenvalue weighted by molar-refractivity contribution is 6.30. The van der Waals surface area contributed by atoms with Gasteiger partial charge in [-0.1, -0.05) is 60.1 Å². The molecule has 5 nitrogen and oxygen atoms in total. The second kappa shape index (κ2) is 10.1. The van der Waals surface area contributed by atoms with E-state index >= 15 is 0 Å². The number of nitrogens with two attached hydrogens (primary N) is 1. The van der Waals surface area contributed by atoms with Crippen LogP contribution < -0.4 is 11.1 Å². The van der Waals surface area contributed by atoms with Crippen molar-refractivity contribution in [2.24, 2.45) is 5.73 Å². The fraction of sp³-hybridized carbons (Fsp3) is 0.167. The van der Waals surface area contributed by atoms with Crippen LogP contribution in [0.3, 0.4) is 0 Å². The van der Waals surface area contributed by atoms with E-state index in [4.69, 9.17) is 22.4 Å². The van der Waals surface area contributed by atoms with Crippen molar-refractivity contribution in [2.45, 2.75) is 18.9 Å². The number of rotatable bonds is 8. The Labute approximate surface area is 180 Å². The Kier molecular flexibility index (Phi) is 7.22. The van der Waals surface area contributed by atoms with Gasteiger partial charge in [-0.3, -0.25) is 9.59 Å². The molecule has 1 amide bonds. The van der Waals surface area contributed by atoms with Crippen LogP contribution in [0.2, 0.25) is 5.02 Å². The molecule has 3 aromatic rings. The Morgan fingerprint density at radius 3 is 2.23 bits per heavy atom. The molecule has 0 spiro atoms. The quantitative estimate of drug-likeness (QED) is 0.512. The Balaban J connectivity index is 1.50. The number of carbonyl (C=O) groups excluding carboxylic acids is 1. The summed E-state index contributed by atoms with van der Waals surface area (Å²) in [4.78, 5) is 23.1. The zero-order valence-corrected chi connectivity index (χ0v) is 17.1. The van der Waals surface area contributed by atoms with Crippen LogP contribution in [0.1, 0.15) is 21.5 Å². The molecule has 0 heterocycles. The predicted molar refractivity (Wildman–Crippen MR) is 119 cm³/mol. The third-order valence-electron chi connectivity index (χ3n) is 4.80. The maximum Gasteiger partial charge on any atom is 0.320 e. The van der Waals surface area contributed by atoms with Crippen molar-refractivity contribution in [1.82, 2.24) is 5.32 Å². The van der Waals surface area contributed by atoms with Gasteiger partial charge in [-0.25, -0.2) is 0 Å². The van der Waals surface area contributed by atoms with Crippen LogP contribution in [0.25, 0.3) is 11.1 Å². The van der Waals surface area contributed by atoms with Crippen LogP contribution in [-0.4, -0.2) is 29.6 Å². The fourth-order valence-electron chi connectivity index (χ4n) is 3.09. The van der Waals surface area contributed by atoms with E-state index < -0.39 is 12.0 Å². The molecule has 0 aliphatic carbocycles. The number of aliphatic carboxylic acids is 1. The van der Waals surface area contributed by atoms with Crippen molar-refractivity contribution in [3.63, 3.8) is 0 Å². The van der Waals surface area contributed by atoms with E-state index in [9.17, 15) is 9.59 Å². The highest BCUT2D eigenvalue weighted by Crippen LogP contribution is 2.23. The van der Waals surface area contributed by atoms with Gasteiger partial charge in [-0.15, -0.1) is 0 Å². The van der Waals surface area contributed by atoms with Gasteiger partial charge in [0.2, 0.25) is 0 Å². The molecule has 4 N–H and O–H groups in total. The van der Waals surface area contributed by atoms with Crippen LogP contribution in [0.5, 0.6) is 0 Å². The zero-order chi connectivity index (χ0) is 21.5. The lowest BCUT2D eigenvalue weighted by atomic mass is 10.0. The standard InChI is InChI=1S/C24H23ClN2O3/c25-21-3-1-2-20(15-21)18-8-4-16(5-9-18)12-13-27-23(28)19-10-6-17(7-11-19)14-22(26)24(29)30/h1-11,15,22H,12-14,26H2,(H,27,28)(H,29,30)/t22-/m0/s1. The molecule has 0 aliphatic heterocycles. The van der Waals surface area contributed by atoms with Crippen LogP contribution in [0.4, 0.5) is 0 Å². The van der Waals surface area contributed by atoms with Gasteiger partial charge in [0, 0.05) is 17.1 Å². The number of amides is 1. The zero-order valence-electron chi connectivity index (χ0n) is 16.3. The number of hydrogen-bond donors (Lipinski definition) is 3. The van der Waals surface area contributed by atoms with Gasteiger partial charge >= 0.3 is 5.97 Å². The van der Waals surface area contributed by atoms with Crippen LogP contribution in [0.15, 0.2) is 72.8 Å². The fourth-order valence-corrected chi connectivity index (χ4v) is 3.28. The number of benzene rings is 3. The van der Waals surface area contributed by atoms with Crippen molar-refractivity contribution in [3.05, 3.63) is 94.5 Å². The lowest BCUT2D eigenvalue weighted by Crippen LogP contribution is -2.32. The summed E-state index contributed by atoms with van der Waals surface area (Å²) >= 11 is 6.05. The van der Waals surface area contributed by atoms with Crippen molar-refractivity contribution >= 4 is 23.5 Å². The molecule has 0 aliphatic rings. The largest absolute Gasteiger partial charge is 0.480 e. The summed E-state index contributed by atoms with van der Waals surface area (Å²) in [6, 6.07) is 21.8. The Bertz CT molecular complexity index is 1020. The van der Waals surface area contributed by atoms with Crippen molar-refractivity contribution in [2.75, 3.05) is 6.54 Å². The van der Waals surface area contributed by atoms with Gasteiger partial charge in [0.1, 0.15) is 6.04 Å². The Hall–Kier alpha value is -3.15. The molecule has 3 rings (SSSR count). The second-order valence-corrected chi connectivity index (χ2v) is 7.50. The molecule has 0 saturated carbocycles. The van der Waals surface area contributed by atoms with Gasteiger partial charge in [0.15, 0.2) is 0 Å². The highest BCUT2D eigenvalue weighted by Gasteiger charge is 2.12. The number of carboxylic acid groups (broad SMARTS) is 1. The average Bonchev–Trinajstić information content (AvgIpc) is 2.74. The van der Waals surface area contributed by atoms with Gasteiger partial charge < -0.3 is 16.2 Å². The number of hydrogen-bond acceptors (Lipinski definition) is 3. The Morgan fingerprint density at radius 2 is 1.60 bits per heavy atom. The molecule has 0 fully saturated rings. The van der Waals surface area contributed by atoms with E-state index in [1.807, 2.05) is 48.5 Å². The minimum Gasteiger partial charge on any atom is -0.480 e. The summed E-state index contributed by atoms with van der Waals surface area (Å²) in [6.07, 6.45) is 0.940. The molecule has 0 bridgehead atoms. The highest BCUT2D eigenvalue weighted by atomic mass is 35.5. The predicted octanol–water partition coefficient (Wildman–Crippen LogP) is 3.93. The van der Waals surface area contributed by atoms with Crippen molar-refractivity contribution in [3.8, 4) is 11.1 Å². The van der Waals surface area contributed by atoms with Gasteiger partial charge in [-0.05, 0) is 59.4 Å². The lowest BCUT2D eigenvalue weighted by molar-refractivity contribution is -0.138. The number of carbonyl (C=O) groups is 2. The van der Waals surface area contributed by atoms with Gasteiger partial charge in [-0.2, -0.15) is 0 Å². The summed E-state index contributed by atoms with van der Waals surface area (Å²) in [5, 5.41) is 12.5. The molecule has 3 aromatic carbocycles. The van der Waals surface area contributed by atoms with E-state index in [-0.39, 0.29) is 12.3 Å². The van der Waals surface area contributed by atoms with E-state index in [0.717, 1.165) is 22.3 Å². The maximum absolute atomic E-state index is 12.3. The van der Waals surface area contributed by atoms with Crippen LogP contribution >= 0.6 is 11.6 Å². The van der Waals surface area contributed by atoms with E-state index in [1.165, 1.54) is 0 Å². The van der Waals surface area contributed by atoms with Crippen molar-refractivity contribution < 1.29 is 14.7 Å². The summed E-state index contributed by atoms with van der Waals surface area (Å²) in [6.45, 7) is 0.515. The number of carboxylic acids is 1. The van der Waals surface area contributed by atoms with Gasteiger partial charge in [0.25, 0.3) is 5.91 Å².